The first-order valence-corrected chi connectivity index (χ1v) is 11.7. The summed E-state index contributed by atoms with van der Waals surface area (Å²) in [7, 11) is -2.01. The Hall–Kier alpha value is -1.35. The van der Waals surface area contributed by atoms with Crippen LogP contribution in [0.2, 0.25) is 23.2 Å². The molecule has 2 atom stereocenters. The minimum Gasteiger partial charge on any atom is -0.413 e. The van der Waals surface area contributed by atoms with Gasteiger partial charge in [0, 0.05) is 0 Å². The second-order valence-corrected chi connectivity index (χ2v) is 13.2. The van der Waals surface area contributed by atoms with E-state index in [2.05, 4.69) is 38.7 Å². The van der Waals surface area contributed by atoms with Crippen LogP contribution in [0.25, 0.3) is 4.85 Å². The monoisotopic (exact) mass is 380 g/mol. The maximum absolute atomic E-state index is 12.1. The minimum absolute atomic E-state index is 0.0555. The van der Waals surface area contributed by atoms with E-state index >= 15 is 0 Å². The Labute approximate surface area is 157 Å². The molecule has 0 radical (unpaired) electrons. The third-order valence-corrected chi connectivity index (χ3v) is 10.3. The lowest BCUT2D eigenvalue weighted by molar-refractivity contribution is -0.124. The highest BCUT2D eigenvalue weighted by atomic mass is 35.5. The first-order valence-electron chi connectivity index (χ1n) is 8.44. The molecule has 138 valence electrons. The Balaban J connectivity index is 3.09. The maximum Gasteiger partial charge on any atom is 0.223 e. The second kappa shape index (κ2) is 7.90. The number of primary amides is 1. The first-order chi connectivity index (χ1) is 11.3. The van der Waals surface area contributed by atoms with Crippen LogP contribution in [0.4, 0.5) is 5.69 Å². The molecule has 0 aliphatic carbocycles. The molecule has 0 aromatic heterocycles. The minimum atomic E-state index is -2.01. The van der Waals surface area contributed by atoms with Crippen molar-refractivity contribution < 1.29 is 9.22 Å². The second-order valence-electron chi connectivity index (χ2n) is 8.09. The zero-order valence-electron chi connectivity index (χ0n) is 16.2. The molecule has 0 heterocycles. The predicted octanol–water partition coefficient (Wildman–Crippen LogP) is 5.25. The van der Waals surface area contributed by atoms with E-state index < -0.39 is 14.2 Å². The van der Waals surface area contributed by atoms with Gasteiger partial charge < -0.3 is 10.2 Å². The zero-order valence-corrected chi connectivity index (χ0v) is 18.0. The number of nitrogens with two attached hydrogens (primary N) is 1. The summed E-state index contributed by atoms with van der Waals surface area (Å²) in [5.41, 5.74) is 7.84. The van der Waals surface area contributed by atoms with Crippen LogP contribution in [0.1, 0.15) is 38.8 Å². The Morgan fingerprint density at radius 1 is 1.40 bits per heavy atom. The molecular weight excluding hydrogens is 352 g/mol. The number of rotatable bonds is 6. The molecule has 1 amide bonds. The molecule has 0 aliphatic rings. The summed E-state index contributed by atoms with van der Waals surface area (Å²) >= 11 is 6.25. The van der Waals surface area contributed by atoms with E-state index in [4.69, 9.17) is 28.3 Å². The fraction of sp³-hybridized carbons (Fsp3) is 0.579. The van der Waals surface area contributed by atoms with Crippen LogP contribution >= 0.6 is 11.6 Å². The third kappa shape index (κ3) is 5.07. The molecule has 0 saturated heterocycles. The predicted molar refractivity (Wildman–Crippen MR) is 107 cm³/mol. The Bertz CT molecular complexity index is 690. The summed E-state index contributed by atoms with van der Waals surface area (Å²) in [6.07, 6.45) is 0.173. The number of benzene rings is 1. The van der Waals surface area contributed by atoms with Gasteiger partial charge >= 0.3 is 0 Å². The van der Waals surface area contributed by atoms with Gasteiger partial charge in [-0.1, -0.05) is 44.5 Å². The standard InChI is InChI=1S/C19H29ClN2O2Si/c1-12-14(9-10-16(22-6)17(12)20)11-15(18(21)23)13(2)24-25(7,8)19(3,4)5/h9-10,13,15H,11H2,1-5,7-8H3,(H2,21,23)/t13-,15-/m1/s1. The van der Waals surface area contributed by atoms with Crippen molar-refractivity contribution in [2.45, 2.75) is 65.3 Å². The average Bonchev–Trinajstić information content (AvgIpc) is 2.46. The van der Waals surface area contributed by atoms with E-state index in [9.17, 15) is 4.79 Å². The van der Waals surface area contributed by atoms with E-state index in [1.54, 1.807) is 6.07 Å². The molecule has 0 unspecified atom stereocenters. The van der Waals surface area contributed by atoms with Crippen LogP contribution in [0.15, 0.2) is 12.1 Å². The molecular formula is C19H29ClN2O2Si. The van der Waals surface area contributed by atoms with Gasteiger partial charge in [0.1, 0.15) is 0 Å². The Morgan fingerprint density at radius 3 is 2.40 bits per heavy atom. The molecule has 0 saturated carbocycles. The highest BCUT2D eigenvalue weighted by Gasteiger charge is 2.40. The highest BCUT2D eigenvalue weighted by molar-refractivity contribution is 6.74. The topological polar surface area (TPSA) is 56.7 Å². The molecule has 0 spiro atoms. The van der Waals surface area contributed by atoms with Gasteiger partial charge in [0.05, 0.1) is 23.6 Å². The third-order valence-electron chi connectivity index (χ3n) is 5.26. The van der Waals surface area contributed by atoms with Crippen molar-refractivity contribution >= 4 is 31.5 Å². The number of hydrogen-bond donors (Lipinski definition) is 1. The highest BCUT2D eigenvalue weighted by Crippen LogP contribution is 2.38. The van der Waals surface area contributed by atoms with Crippen molar-refractivity contribution in [3.63, 3.8) is 0 Å². The summed E-state index contributed by atoms with van der Waals surface area (Å²) < 4.78 is 6.37. The van der Waals surface area contributed by atoms with Gasteiger partial charge in [-0.25, -0.2) is 4.85 Å². The molecule has 1 aromatic carbocycles. The van der Waals surface area contributed by atoms with Crippen LogP contribution in [0.5, 0.6) is 0 Å². The quantitative estimate of drug-likeness (QED) is 0.541. The van der Waals surface area contributed by atoms with E-state index in [1.165, 1.54) is 0 Å². The Morgan fingerprint density at radius 2 is 1.96 bits per heavy atom. The number of halogens is 1. The lowest BCUT2D eigenvalue weighted by Crippen LogP contribution is -2.47. The van der Waals surface area contributed by atoms with Crippen molar-refractivity contribution in [2.75, 3.05) is 0 Å². The number of carbonyl (C=O) groups excluding carboxylic acids is 1. The average molecular weight is 381 g/mol. The van der Waals surface area contributed by atoms with Crippen molar-refractivity contribution in [1.82, 2.24) is 0 Å². The summed E-state index contributed by atoms with van der Waals surface area (Å²) in [6.45, 7) is 21.7. The molecule has 1 aromatic rings. The van der Waals surface area contributed by atoms with Gasteiger partial charge in [0.25, 0.3) is 0 Å². The van der Waals surface area contributed by atoms with Crippen molar-refractivity contribution in [2.24, 2.45) is 11.7 Å². The normalized spacial score (nSPS) is 14.7. The summed E-state index contributed by atoms with van der Waals surface area (Å²) in [5.74, 6) is -0.821. The van der Waals surface area contributed by atoms with Crippen LogP contribution in [-0.2, 0) is 15.6 Å². The summed E-state index contributed by atoms with van der Waals surface area (Å²) in [6, 6.07) is 3.54. The number of carbonyl (C=O) groups is 1. The maximum atomic E-state index is 12.1. The molecule has 6 heteroatoms. The van der Waals surface area contributed by atoms with Crippen LogP contribution in [-0.4, -0.2) is 20.3 Å². The number of nitrogens with zero attached hydrogens (tertiary/aromatic N) is 1. The first kappa shape index (κ1) is 21.7. The van der Waals surface area contributed by atoms with E-state index in [0.717, 1.165) is 11.1 Å². The fourth-order valence-corrected chi connectivity index (χ4v) is 4.15. The molecule has 2 N–H and O–H groups in total. The van der Waals surface area contributed by atoms with E-state index in [1.807, 2.05) is 19.9 Å². The van der Waals surface area contributed by atoms with Gasteiger partial charge in [-0.05, 0) is 49.5 Å². The SMILES string of the molecule is [C-]#[N+]c1ccc(C[C@@H](C(N)=O)[C@@H](C)O[Si](C)(C)C(C)(C)C)c(C)c1Cl. The Kier molecular flexibility index (Phi) is 6.86. The van der Waals surface area contributed by atoms with Gasteiger partial charge in [0.15, 0.2) is 8.32 Å². The zero-order chi connectivity index (χ0) is 19.6. The molecule has 0 fully saturated rings. The fourth-order valence-electron chi connectivity index (χ4n) is 2.48. The molecule has 25 heavy (non-hydrogen) atoms. The number of amides is 1. The lowest BCUT2D eigenvalue weighted by atomic mass is 9.91. The molecule has 0 bridgehead atoms. The van der Waals surface area contributed by atoms with Gasteiger partial charge in [-0.15, -0.1) is 0 Å². The van der Waals surface area contributed by atoms with Gasteiger partial charge in [-0.3, -0.25) is 4.79 Å². The van der Waals surface area contributed by atoms with Crippen molar-refractivity contribution in [3.05, 3.63) is 39.7 Å². The van der Waals surface area contributed by atoms with Crippen molar-refractivity contribution in [1.29, 1.82) is 0 Å². The number of hydrogen-bond acceptors (Lipinski definition) is 2. The summed E-state index contributed by atoms with van der Waals surface area (Å²) in [5, 5.41) is 0.494. The molecule has 4 nitrogen and oxygen atoms in total. The van der Waals surface area contributed by atoms with Crippen LogP contribution in [0, 0.1) is 19.4 Å². The van der Waals surface area contributed by atoms with E-state index in [-0.39, 0.29) is 17.0 Å². The largest absolute Gasteiger partial charge is 0.413 e. The molecule has 1 rings (SSSR count). The molecule has 0 aliphatic heterocycles. The van der Waals surface area contributed by atoms with E-state index in [0.29, 0.717) is 17.1 Å². The smallest absolute Gasteiger partial charge is 0.223 e. The van der Waals surface area contributed by atoms with Crippen molar-refractivity contribution in [3.8, 4) is 0 Å². The van der Waals surface area contributed by atoms with Gasteiger partial charge in [-0.2, -0.15) is 0 Å². The van der Waals surface area contributed by atoms with Gasteiger partial charge in [0.2, 0.25) is 11.6 Å². The summed E-state index contributed by atoms with van der Waals surface area (Å²) in [4.78, 5) is 15.5. The lowest BCUT2D eigenvalue weighted by Gasteiger charge is -2.40. The van der Waals surface area contributed by atoms with Crippen LogP contribution < -0.4 is 5.73 Å². The van der Waals surface area contributed by atoms with Crippen LogP contribution in [0.3, 0.4) is 0 Å².